The first-order chi connectivity index (χ1) is 10.3. The lowest BCUT2D eigenvalue weighted by molar-refractivity contribution is 0.326. The first-order valence-corrected chi connectivity index (χ1v) is 6.59. The van der Waals surface area contributed by atoms with E-state index in [2.05, 4.69) is 17.1 Å². The van der Waals surface area contributed by atoms with E-state index in [1.54, 1.807) is 19.4 Å². The third-order valence-electron chi connectivity index (χ3n) is 2.73. The fourth-order valence-corrected chi connectivity index (χ4v) is 1.73. The lowest BCUT2D eigenvalue weighted by atomic mass is 10.2. The van der Waals surface area contributed by atoms with Gasteiger partial charge < -0.3 is 9.47 Å². The Bertz CT molecular complexity index is 609. The normalized spacial score (nSPS) is 10.3. The molecule has 2 rings (SSSR count). The zero-order valence-corrected chi connectivity index (χ0v) is 12.0. The highest BCUT2D eigenvalue weighted by atomic mass is 16.5. The highest BCUT2D eigenvalue weighted by molar-refractivity contribution is 5.81. The van der Waals surface area contributed by atoms with Crippen LogP contribution >= 0.6 is 0 Å². The highest BCUT2D eigenvalue weighted by Crippen LogP contribution is 2.27. The molecule has 0 atom stereocenters. The number of anilines is 1. The molecule has 4 heteroatoms. The number of rotatable bonds is 7. The van der Waals surface area contributed by atoms with Gasteiger partial charge in [-0.25, -0.2) is 0 Å². The van der Waals surface area contributed by atoms with Gasteiger partial charge in [-0.3, -0.25) is 5.43 Å². The van der Waals surface area contributed by atoms with Gasteiger partial charge in [0.05, 0.1) is 19.0 Å². The molecule has 0 heterocycles. The second-order valence-corrected chi connectivity index (χ2v) is 4.25. The topological polar surface area (TPSA) is 42.8 Å². The van der Waals surface area contributed by atoms with Crippen LogP contribution in [-0.2, 0) is 0 Å². The molecule has 0 saturated carbocycles. The first-order valence-electron chi connectivity index (χ1n) is 6.59. The fraction of sp³-hybridized carbons (Fsp3) is 0.118. The van der Waals surface area contributed by atoms with Crippen LogP contribution in [0.4, 0.5) is 5.69 Å². The summed E-state index contributed by atoms with van der Waals surface area (Å²) in [4.78, 5) is 0. The lowest BCUT2D eigenvalue weighted by Crippen LogP contribution is -1.97. The Hall–Kier alpha value is -2.75. The summed E-state index contributed by atoms with van der Waals surface area (Å²) in [5, 5.41) is 4.20. The Morgan fingerprint density at radius 2 is 1.95 bits per heavy atom. The van der Waals surface area contributed by atoms with Crippen LogP contribution in [0.3, 0.4) is 0 Å². The van der Waals surface area contributed by atoms with E-state index in [-0.39, 0.29) is 0 Å². The number of nitrogens with one attached hydrogen (secondary N) is 1. The molecule has 0 amide bonds. The predicted octanol–water partition coefficient (Wildman–Crippen LogP) is 3.71. The summed E-state index contributed by atoms with van der Waals surface area (Å²) in [6, 6.07) is 15.4. The van der Waals surface area contributed by atoms with E-state index in [4.69, 9.17) is 9.47 Å². The van der Waals surface area contributed by atoms with Gasteiger partial charge in [-0.15, -0.1) is 0 Å². The minimum absolute atomic E-state index is 0.430. The summed E-state index contributed by atoms with van der Waals surface area (Å²) in [6.07, 6.45) is 3.42. The second kappa shape index (κ2) is 7.75. The van der Waals surface area contributed by atoms with Gasteiger partial charge in [0.1, 0.15) is 6.61 Å². The van der Waals surface area contributed by atoms with Crippen molar-refractivity contribution < 1.29 is 9.47 Å². The maximum Gasteiger partial charge on any atom is 0.162 e. The number of hydrogen-bond acceptors (Lipinski definition) is 4. The molecule has 2 aromatic rings. The number of para-hydroxylation sites is 1. The van der Waals surface area contributed by atoms with Crippen LogP contribution in [0.2, 0.25) is 0 Å². The molecule has 0 aromatic heterocycles. The zero-order valence-electron chi connectivity index (χ0n) is 12.0. The number of methoxy groups -OCH3 is 1. The summed E-state index contributed by atoms with van der Waals surface area (Å²) in [7, 11) is 1.61. The van der Waals surface area contributed by atoms with E-state index in [0.717, 1.165) is 11.3 Å². The van der Waals surface area contributed by atoms with Crippen molar-refractivity contribution in [2.24, 2.45) is 5.10 Å². The van der Waals surface area contributed by atoms with Crippen molar-refractivity contribution in [3.8, 4) is 11.5 Å². The van der Waals surface area contributed by atoms with Crippen molar-refractivity contribution in [2.75, 3.05) is 19.1 Å². The lowest BCUT2D eigenvalue weighted by Gasteiger charge is -2.09. The molecule has 0 bridgehead atoms. The smallest absolute Gasteiger partial charge is 0.162 e. The molecule has 21 heavy (non-hydrogen) atoms. The van der Waals surface area contributed by atoms with Crippen molar-refractivity contribution in [3.63, 3.8) is 0 Å². The van der Waals surface area contributed by atoms with E-state index in [1.807, 2.05) is 48.5 Å². The van der Waals surface area contributed by atoms with Crippen LogP contribution in [0.5, 0.6) is 11.5 Å². The maximum absolute atomic E-state index is 5.56. The predicted molar refractivity (Wildman–Crippen MR) is 86.3 cm³/mol. The Morgan fingerprint density at radius 3 is 2.67 bits per heavy atom. The first kappa shape index (κ1) is 14.7. The summed E-state index contributed by atoms with van der Waals surface area (Å²) in [6.45, 7) is 4.06. The van der Waals surface area contributed by atoms with E-state index < -0.39 is 0 Å². The fourth-order valence-electron chi connectivity index (χ4n) is 1.73. The Kier molecular flexibility index (Phi) is 5.41. The van der Waals surface area contributed by atoms with Crippen LogP contribution in [0.1, 0.15) is 5.56 Å². The average Bonchev–Trinajstić information content (AvgIpc) is 2.54. The molecule has 0 radical (unpaired) electrons. The Balaban J connectivity index is 2.07. The van der Waals surface area contributed by atoms with Gasteiger partial charge in [-0.05, 0) is 35.9 Å². The molecule has 0 fully saturated rings. The van der Waals surface area contributed by atoms with E-state index >= 15 is 0 Å². The van der Waals surface area contributed by atoms with Crippen LogP contribution in [0.25, 0.3) is 0 Å². The van der Waals surface area contributed by atoms with Crippen LogP contribution in [0.15, 0.2) is 66.3 Å². The van der Waals surface area contributed by atoms with Gasteiger partial charge >= 0.3 is 0 Å². The third kappa shape index (κ3) is 4.38. The van der Waals surface area contributed by atoms with E-state index in [9.17, 15) is 0 Å². The zero-order chi connectivity index (χ0) is 14.9. The molecule has 0 aliphatic heterocycles. The number of ether oxygens (including phenoxy) is 2. The average molecular weight is 282 g/mol. The van der Waals surface area contributed by atoms with Crippen molar-refractivity contribution in [3.05, 3.63) is 66.7 Å². The summed E-state index contributed by atoms with van der Waals surface area (Å²) >= 11 is 0. The number of benzene rings is 2. The molecule has 0 saturated heterocycles. The number of hydrogen-bond donors (Lipinski definition) is 1. The third-order valence-corrected chi connectivity index (χ3v) is 2.73. The monoisotopic (exact) mass is 282 g/mol. The second-order valence-electron chi connectivity index (χ2n) is 4.25. The van der Waals surface area contributed by atoms with Gasteiger partial charge in [0.15, 0.2) is 11.5 Å². The number of hydrazone groups is 1. The molecule has 108 valence electrons. The van der Waals surface area contributed by atoms with E-state index in [0.29, 0.717) is 18.1 Å². The standard InChI is InChI=1S/C17H18N2O2/c1-3-11-21-17-12-14(9-10-16(17)20-2)13-18-19-15-7-5-4-6-8-15/h3-10,12-13,19H,1,11H2,2H3. The Morgan fingerprint density at radius 1 is 1.14 bits per heavy atom. The number of nitrogens with zero attached hydrogens (tertiary/aromatic N) is 1. The Labute approximate surface area is 124 Å². The molecule has 0 spiro atoms. The van der Waals surface area contributed by atoms with Crippen molar-refractivity contribution in [2.45, 2.75) is 0 Å². The minimum atomic E-state index is 0.430. The molecule has 0 unspecified atom stereocenters. The van der Waals surface area contributed by atoms with Crippen molar-refractivity contribution in [1.82, 2.24) is 0 Å². The molecule has 4 nitrogen and oxygen atoms in total. The van der Waals surface area contributed by atoms with Gasteiger partial charge in [0.25, 0.3) is 0 Å². The highest BCUT2D eigenvalue weighted by Gasteiger charge is 2.04. The molecular formula is C17H18N2O2. The van der Waals surface area contributed by atoms with Crippen LogP contribution in [0, 0.1) is 0 Å². The van der Waals surface area contributed by atoms with Gasteiger partial charge in [0, 0.05) is 0 Å². The van der Waals surface area contributed by atoms with Crippen LogP contribution < -0.4 is 14.9 Å². The van der Waals surface area contributed by atoms with Crippen LogP contribution in [-0.4, -0.2) is 19.9 Å². The molecular weight excluding hydrogens is 264 g/mol. The molecule has 0 aliphatic rings. The minimum Gasteiger partial charge on any atom is -0.493 e. The van der Waals surface area contributed by atoms with Crippen molar-refractivity contribution in [1.29, 1.82) is 0 Å². The molecule has 1 N–H and O–H groups in total. The van der Waals surface area contributed by atoms with Gasteiger partial charge in [-0.1, -0.05) is 30.9 Å². The summed E-state index contributed by atoms with van der Waals surface area (Å²) < 4.78 is 10.8. The molecule has 0 aliphatic carbocycles. The quantitative estimate of drug-likeness (QED) is 0.478. The largest absolute Gasteiger partial charge is 0.493 e. The summed E-state index contributed by atoms with van der Waals surface area (Å²) in [5.41, 5.74) is 4.82. The maximum atomic E-state index is 5.56. The van der Waals surface area contributed by atoms with Gasteiger partial charge in [0.2, 0.25) is 0 Å². The van der Waals surface area contributed by atoms with Crippen molar-refractivity contribution >= 4 is 11.9 Å². The van der Waals surface area contributed by atoms with E-state index in [1.165, 1.54) is 0 Å². The molecule has 2 aromatic carbocycles. The summed E-state index contributed by atoms with van der Waals surface area (Å²) in [5.74, 6) is 1.35. The SMILES string of the molecule is C=CCOc1cc(C=NNc2ccccc2)ccc1OC. The van der Waals surface area contributed by atoms with Gasteiger partial charge in [-0.2, -0.15) is 5.10 Å².